The van der Waals surface area contributed by atoms with Crippen molar-refractivity contribution < 1.29 is 0 Å². The predicted molar refractivity (Wildman–Crippen MR) is 65.9 cm³/mol. The SMILES string of the molecule is CNCc1cncc(N2CCn3cnnc3C2)n1. The molecule has 18 heavy (non-hydrogen) atoms. The third-order valence-corrected chi connectivity index (χ3v) is 2.99. The zero-order chi connectivity index (χ0) is 12.4. The van der Waals surface area contributed by atoms with Gasteiger partial charge in [0.25, 0.3) is 0 Å². The second-order valence-electron chi connectivity index (χ2n) is 4.26. The van der Waals surface area contributed by atoms with Crippen LogP contribution in [-0.4, -0.2) is 38.3 Å². The van der Waals surface area contributed by atoms with Crippen LogP contribution in [0.4, 0.5) is 5.82 Å². The first-order valence-corrected chi connectivity index (χ1v) is 5.94. The van der Waals surface area contributed by atoms with E-state index in [9.17, 15) is 0 Å². The van der Waals surface area contributed by atoms with Crippen molar-refractivity contribution in [1.82, 2.24) is 30.0 Å². The molecule has 1 aliphatic heterocycles. The van der Waals surface area contributed by atoms with Crippen LogP contribution in [0.2, 0.25) is 0 Å². The van der Waals surface area contributed by atoms with E-state index in [-0.39, 0.29) is 0 Å². The molecule has 2 aromatic heterocycles. The molecule has 0 atom stereocenters. The van der Waals surface area contributed by atoms with E-state index in [0.717, 1.165) is 43.5 Å². The molecule has 0 saturated heterocycles. The second kappa shape index (κ2) is 4.69. The van der Waals surface area contributed by atoms with Gasteiger partial charge in [0, 0.05) is 25.8 Å². The highest BCUT2D eigenvalue weighted by Crippen LogP contribution is 2.16. The number of fused-ring (bicyclic) bond motifs is 1. The lowest BCUT2D eigenvalue weighted by molar-refractivity contribution is 0.554. The summed E-state index contributed by atoms with van der Waals surface area (Å²) >= 11 is 0. The van der Waals surface area contributed by atoms with Gasteiger partial charge in [0.15, 0.2) is 5.82 Å². The minimum absolute atomic E-state index is 0.727. The van der Waals surface area contributed by atoms with Crippen molar-refractivity contribution in [1.29, 1.82) is 0 Å². The van der Waals surface area contributed by atoms with Crippen LogP contribution in [0, 0.1) is 0 Å². The van der Waals surface area contributed by atoms with E-state index in [4.69, 9.17) is 0 Å². The molecule has 1 N–H and O–H groups in total. The molecule has 0 unspecified atom stereocenters. The first-order valence-electron chi connectivity index (χ1n) is 5.94. The van der Waals surface area contributed by atoms with Crippen LogP contribution >= 0.6 is 0 Å². The van der Waals surface area contributed by atoms with E-state index in [0.29, 0.717) is 0 Å². The number of hydrogen-bond donors (Lipinski definition) is 1. The number of nitrogens with zero attached hydrogens (tertiary/aromatic N) is 6. The molecule has 3 heterocycles. The highest BCUT2D eigenvalue weighted by atomic mass is 15.3. The minimum atomic E-state index is 0.727. The molecule has 0 aromatic carbocycles. The molecule has 7 nitrogen and oxygen atoms in total. The van der Waals surface area contributed by atoms with Crippen LogP contribution in [0.15, 0.2) is 18.7 Å². The molecular formula is C11H15N7. The Hall–Kier alpha value is -2.02. The molecule has 0 aliphatic carbocycles. The highest BCUT2D eigenvalue weighted by Gasteiger charge is 2.18. The minimum Gasteiger partial charge on any atom is -0.346 e. The molecule has 0 bridgehead atoms. The van der Waals surface area contributed by atoms with E-state index in [1.165, 1.54) is 0 Å². The maximum atomic E-state index is 4.59. The lowest BCUT2D eigenvalue weighted by Crippen LogP contribution is -2.34. The van der Waals surface area contributed by atoms with E-state index < -0.39 is 0 Å². The molecule has 0 saturated carbocycles. The maximum absolute atomic E-state index is 4.59. The zero-order valence-corrected chi connectivity index (χ0v) is 10.2. The third kappa shape index (κ3) is 2.04. The standard InChI is InChI=1S/C11H15N7/c1-12-4-9-5-13-6-10(15-9)17-2-3-18-8-14-16-11(18)7-17/h5-6,8,12H,2-4,7H2,1H3. The Bertz CT molecular complexity index is 536. The van der Waals surface area contributed by atoms with Gasteiger partial charge in [-0.25, -0.2) is 4.98 Å². The monoisotopic (exact) mass is 245 g/mol. The third-order valence-electron chi connectivity index (χ3n) is 2.99. The van der Waals surface area contributed by atoms with E-state index in [1.54, 1.807) is 18.7 Å². The van der Waals surface area contributed by atoms with Crippen LogP contribution in [0.5, 0.6) is 0 Å². The number of anilines is 1. The lowest BCUT2D eigenvalue weighted by atomic mass is 10.3. The largest absolute Gasteiger partial charge is 0.346 e. The Morgan fingerprint density at radius 3 is 3.17 bits per heavy atom. The molecule has 0 radical (unpaired) electrons. The summed E-state index contributed by atoms with van der Waals surface area (Å²) in [5.74, 6) is 1.87. The van der Waals surface area contributed by atoms with E-state index >= 15 is 0 Å². The lowest BCUT2D eigenvalue weighted by Gasteiger charge is -2.27. The molecule has 0 amide bonds. The van der Waals surface area contributed by atoms with Gasteiger partial charge in [-0.15, -0.1) is 10.2 Å². The normalized spacial score (nSPS) is 14.6. The van der Waals surface area contributed by atoms with Gasteiger partial charge in [0.2, 0.25) is 0 Å². The van der Waals surface area contributed by atoms with Crippen molar-refractivity contribution in [2.24, 2.45) is 0 Å². The topological polar surface area (TPSA) is 71.8 Å². The van der Waals surface area contributed by atoms with E-state index in [1.807, 2.05) is 7.05 Å². The average Bonchev–Trinajstić information content (AvgIpc) is 2.86. The Kier molecular flexibility index (Phi) is 2.89. The van der Waals surface area contributed by atoms with Crippen molar-refractivity contribution in [3.8, 4) is 0 Å². The Morgan fingerprint density at radius 1 is 1.33 bits per heavy atom. The first-order chi connectivity index (χ1) is 8.86. The van der Waals surface area contributed by atoms with Crippen molar-refractivity contribution in [3.05, 3.63) is 30.2 Å². The maximum Gasteiger partial charge on any atom is 0.152 e. The number of hydrogen-bond acceptors (Lipinski definition) is 6. The van der Waals surface area contributed by atoms with Crippen LogP contribution in [0.1, 0.15) is 11.5 Å². The number of nitrogens with one attached hydrogen (secondary N) is 1. The number of aromatic nitrogens is 5. The summed E-state index contributed by atoms with van der Waals surface area (Å²) < 4.78 is 2.07. The summed E-state index contributed by atoms with van der Waals surface area (Å²) in [6.07, 6.45) is 5.35. The quantitative estimate of drug-likeness (QED) is 0.808. The van der Waals surface area contributed by atoms with Gasteiger partial charge < -0.3 is 14.8 Å². The van der Waals surface area contributed by atoms with Gasteiger partial charge in [-0.3, -0.25) is 4.98 Å². The fourth-order valence-electron chi connectivity index (χ4n) is 2.08. The van der Waals surface area contributed by atoms with Crippen molar-refractivity contribution >= 4 is 5.82 Å². The molecule has 7 heteroatoms. The van der Waals surface area contributed by atoms with Crippen LogP contribution < -0.4 is 10.2 Å². The Labute approximate surface area is 105 Å². The van der Waals surface area contributed by atoms with Crippen molar-refractivity contribution in [2.75, 3.05) is 18.5 Å². The zero-order valence-electron chi connectivity index (χ0n) is 10.2. The average molecular weight is 245 g/mol. The second-order valence-corrected chi connectivity index (χ2v) is 4.26. The van der Waals surface area contributed by atoms with Gasteiger partial charge in [0.1, 0.15) is 12.1 Å². The molecule has 1 aliphatic rings. The summed E-state index contributed by atoms with van der Waals surface area (Å²) in [7, 11) is 1.90. The Balaban J connectivity index is 1.81. The highest BCUT2D eigenvalue weighted by molar-refractivity contribution is 5.37. The van der Waals surface area contributed by atoms with Gasteiger partial charge in [-0.1, -0.05) is 0 Å². The molecule has 0 fully saturated rings. The smallest absolute Gasteiger partial charge is 0.152 e. The van der Waals surface area contributed by atoms with Gasteiger partial charge >= 0.3 is 0 Å². The molecule has 94 valence electrons. The van der Waals surface area contributed by atoms with Crippen LogP contribution in [0.3, 0.4) is 0 Å². The van der Waals surface area contributed by atoms with Crippen molar-refractivity contribution in [3.63, 3.8) is 0 Å². The molecule has 0 spiro atoms. The fraction of sp³-hybridized carbons (Fsp3) is 0.455. The Morgan fingerprint density at radius 2 is 2.28 bits per heavy atom. The summed E-state index contributed by atoms with van der Waals surface area (Å²) in [6, 6.07) is 0. The summed E-state index contributed by atoms with van der Waals surface area (Å²) in [5.41, 5.74) is 0.946. The van der Waals surface area contributed by atoms with Crippen LogP contribution in [0.25, 0.3) is 0 Å². The summed E-state index contributed by atoms with van der Waals surface area (Å²) in [5, 5.41) is 11.1. The van der Waals surface area contributed by atoms with Crippen LogP contribution in [-0.2, 0) is 19.6 Å². The first kappa shape index (κ1) is 11.1. The summed E-state index contributed by atoms with van der Waals surface area (Å²) in [4.78, 5) is 11.0. The molecular weight excluding hydrogens is 230 g/mol. The predicted octanol–water partition coefficient (Wildman–Crippen LogP) is -0.192. The van der Waals surface area contributed by atoms with Gasteiger partial charge in [0.05, 0.1) is 18.4 Å². The van der Waals surface area contributed by atoms with Crippen molar-refractivity contribution in [2.45, 2.75) is 19.6 Å². The van der Waals surface area contributed by atoms with Gasteiger partial charge in [-0.2, -0.15) is 0 Å². The fourth-order valence-corrected chi connectivity index (χ4v) is 2.08. The summed E-state index contributed by atoms with van der Waals surface area (Å²) in [6.45, 7) is 3.26. The van der Waals surface area contributed by atoms with E-state index in [2.05, 4.69) is 34.9 Å². The number of rotatable bonds is 3. The molecule has 2 aromatic rings. The van der Waals surface area contributed by atoms with Gasteiger partial charge in [-0.05, 0) is 7.05 Å². The molecule has 3 rings (SSSR count).